The van der Waals surface area contributed by atoms with Gasteiger partial charge in [0.15, 0.2) is 0 Å². The normalized spacial score (nSPS) is 16.7. The first-order valence-corrected chi connectivity index (χ1v) is 35.9. The number of aromatic hydroxyl groups is 1. The predicted molar refractivity (Wildman–Crippen MR) is 420 cm³/mol. The molecule has 3 aliphatic heterocycles. The van der Waals surface area contributed by atoms with E-state index in [1.54, 1.807) is 6.07 Å². The minimum absolute atomic E-state index is 0.315. The van der Waals surface area contributed by atoms with E-state index in [0.717, 1.165) is 88.8 Å². The third kappa shape index (κ3) is 17.0. The standard InChI is InChI=1S/C18H19BO3.C18H11BrO.C12H24B2O4.C12H7BrO.C12H9BrO.C6H4Br2.CH3F/c1-17(2)18(3,4)22-19(21-17)12-9-10-14-13-7-5-6-8-15(13)20-16(14)11-12;19-14-5-3-4-12(10-14)13-8-9-16-15-6-1-2-7-17(15)20-18(16)11-13;1-9(2)10(3,4)16-13(15-9)14-17-11(5,6)12(7,8)18-14;13-8-5-6-10-9-3-1-2-4-11(9)14-12(10)7-8;13-10-7-5-9(6-8-10)11-3-1-2-4-12(11)14;7-5-2-1-3-6(8)4-5;1-2/h5-11H,1-4H3;1-11H;1-8H3;1-7H;1-8,14H;1-4H;1H3/i;;;;;;1D. The van der Waals surface area contributed by atoms with Gasteiger partial charge in [0, 0.05) is 60.2 Å². The fourth-order valence-corrected chi connectivity index (χ4v) is 13.1. The van der Waals surface area contributed by atoms with Crippen LogP contribution in [0, 0.1) is 0 Å². The highest BCUT2D eigenvalue weighted by atomic mass is 79.9. The van der Waals surface area contributed by atoms with E-state index in [-0.39, 0.29) is 40.7 Å². The third-order valence-electron chi connectivity index (χ3n) is 18.4. The number of fused-ring (bicyclic) bond motifs is 9. The first kappa shape index (κ1) is 72.9. The molecule has 98 heavy (non-hydrogen) atoms. The maximum Gasteiger partial charge on any atom is 0.494 e. The summed E-state index contributed by atoms with van der Waals surface area (Å²) < 4.78 is 74.5. The molecule has 3 aromatic heterocycles. The number of para-hydroxylation sites is 4. The van der Waals surface area contributed by atoms with Crippen LogP contribution in [0.1, 0.15) is 84.5 Å². The van der Waals surface area contributed by atoms with Crippen LogP contribution in [0.15, 0.2) is 260 Å². The molecule has 10 aromatic carbocycles. The molecular weight excluding hydrogens is 1560 g/mol. The molecule has 13 aromatic rings. The van der Waals surface area contributed by atoms with Gasteiger partial charge in [-0.15, -0.1) is 0 Å². The molecule has 3 aliphatic rings. The number of hydrogen-bond donors (Lipinski definition) is 1. The topological polar surface area (TPSA) is 115 Å². The molecule has 0 atom stereocenters. The highest BCUT2D eigenvalue weighted by Gasteiger charge is 2.64. The van der Waals surface area contributed by atoms with Crippen LogP contribution in [0.5, 0.6) is 5.75 Å². The fourth-order valence-electron chi connectivity index (χ4n) is 10.9. The molecule has 0 saturated carbocycles. The van der Waals surface area contributed by atoms with Crippen LogP contribution in [0.2, 0.25) is 0 Å². The molecular formula is C79H77B3Br5FO10. The van der Waals surface area contributed by atoms with Gasteiger partial charge in [-0.25, -0.2) is 0 Å². The second kappa shape index (κ2) is 30.9. The molecule has 3 saturated heterocycles. The Morgan fingerprint density at radius 3 is 1.10 bits per heavy atom. The number of hydrogen-bond acceptors (Lipinski definition) is 10. The van der Waals surface area contributed by atoms with Crippen LogP contribution < -0.4 is 5.46 Å². The van der Waals surface area contributed by atoms with Gasteiger partial charge in [0.05, 0.1) is 42.1 Å². The van der Waals surface area contributed by atoms with Crippen molar-refractivity contribution in [3.8, 4) is 28.0 Å². The van der Waals surface area contributed by atoms with Gasteiger partial charge in [0.25, 0.3) is 0 Å². The Morgan fingerprint density at radius 1 is 0.316 bits per heavy atom. The predicted octanol–water partition coefficient (Wildman–Crippen LogP) is 24.1. The number of halogens is 6. The average Bonchev–Trinajstić information content (AvgIpc) is 1.61. The zero-order valence-electron chi connectivity index (χ0n) is 57.7. The molecule has 0 spiro atoms. The van der Waals surface area contributed by atoms with E-state index in [2.05, 4.69) is 174 Å². The van der Waals surface area contributed by atoms with Crippen molar-refractivity contribution in [3.05, 3.63) is 247 Å². The second-order valence-electron chi connectivity index (χ2n) is 26.7. The summed E-state index contributed by atoms with van der Waals surface area (Å²) in [4.78, 5) is 0. The lowest BCUT2D eigenvalue weighted by atomic mass is 9.49. The van der Waals surface area contributed by atoms with E-state index in [1.807, 2.05) is 207 Å². The van der Waals surface area contributed by atoms with Gasteiger partial charge >= 0.3 is 21.1 Å². The van der Waals surface area contributed by atoms with E-state index in [1.165, 1.54) is 27.1 Å². The first-order chi connectivity index (χ1) is 46.9. The van der Waals surface area contributed by atoms with Crippen molar-refractivity contribution < 1.29 is 52.0 Å². The summed E-state index contributed by atoms with van der Waals surface area (Å²) >= 11 is 17.0. The van der Waals surface area contributed by atoms with Crippen molar-refractivity contribution >= 4 is 172 Å². The van der Waals surface area contributed by atoms with Gasteiger partial charge in [-0.1, -0.05) is 201 Å². The molecule has 3 fully saturated rings. The Hall–Kier alpha value is -6.32. The van der Waals surface area contributed by atoms with Crippen LogP contribution in [-0.2, 0) is 27.9 Å². The van der Waals surface area contributed by atoms with Crippen LogP contribution in [-0.4, -0.2) is 67.0 Å². The molecule has 1 N–H and O–H groups in total. The van der Waals surface area contributed by atoms with Crippen molar-refractivity contribution in [2.24, 2.45) is 0 Å². The van der Waals surface area contributed by atoms with E-state index in [0.29, 0.717) is 5.75 Å². The fraction of sp³-hybridized carbons (Fsp3) is 0.241. The van der Waals surface area contributed by atoms with Gasteiger partial charge < -0.3 is 46.3 Å². The summed E-state index contributed by atoms with van der Waals surface area (Å²) in [6.45, 7) is 24.5. The van der Waals surface area contributed by atoms with E-state index >= 15 is 0 Å². The van der Waals surface area contributed by atoms with Gasteiger partial charge in [-0.3, -0.25) is 4.39 Å². The van der Waals surface area contributed by atoms with Crippen molar-refractivity contribution in [2.75, 3.05) is 7.15 Å². The third-order valence-corrected chi connectivity index (χ3v) is 20.9. The van der Waals surface area contributed by atoms with E-state index in [4.69, 9.17) is 42.5 Å². The molecule has 10 nitrogen and oxygen atoms in total. The number of alkyl halides is 1. The van der Waals surface area contributed by atoms with Crippen molar-refractivity contribution in [1.82, 2.24) is 0 Å². The number of furan rings is 3. The lowest BCUT2D eigenvalue weighted by molar-refractivity contribution is 0.00578. The summed E-state index contributed by atoms with van der Waals surface area (Å²) in [5.41, 5.74) is 8.64. The number of rotatable bonds is 4. The monoisotopic (exact) mass is 1630 g/mol. The summed E-state index contributed by atoms with van der Waals surface area (Å²) in [6.07, 6.45) is 0. The first-order valence-electron chi connectivity index (χ1n) is 32.6. The zero-order chi connectivity index (χ0) is 71.2. The second-order valence-corrected chi connectivity index (χ2v) is 31.3. The van der Waals surface area contributed by atoms with Crippen molar-refractivity contribution in [1.29, 1.82) is 0 Å². The SMILES string of the molecule is Brc1ccc2c(c1)oc1ccccc12.Brc1cccc(-c2ccc3c(c2)oc2ccccc23)c1.Brc1cccc(Br)c1.CC1(C)OB(B2OC(C)(C)C(C)(C)O2)OC1(C)C.CC1(C)OB(c2ccc3c(c2)oc2ccccc23)OC1(C)C.Oc1ccccc1-c1ccc(Br)cc1.[2H]CF. The molecule has 0 unspecified atom stereocenters. The smallest absolute Gasteiger partial charge is 0.494 e. The van der Waals surface area contributed by atoms with Crippen LogP contribution in [0.3, 0.4) is 0 Å². The average molecular weight is 1640 g/mol. The van der Waals surface area contributed by atoms with Crippen molar-refractivity contribution in [3.63, 3.8) is 0 Å². The Balaban J connectivity index is 0.000000130. The van der Waals surface area contributed by atoms with E-state index in [9.17, 15) is 9.50 Å². The zero-order valence-corrected chi connectivity index (χ0v) is 64.6. The van der Waals surface area contributed by atoms with Gasteiger partial charge in [0.2, 0.25) is 0 Å². The Labute approximate surface area is 617 Å². The van der Waals surface area contributed by atoms with Gasteiger partial charge in [-0.2, -0.15) is 0 Å². The highest BCUT2D eigenvalue weighted by Crippen LogP contribution is 2.44. The van der Waals surface area contributed by atoms with Crippen LogP contribution in [0.25, 0.3) is 88.1 Å². The van der Waals surface area contributed by atoms with Gasteiger partial charge in [-0.05, 0) is 208 Å². The molecule has 0 aliphatic carbocycles. The number of benzene rings is 10. The molecule has 6 heterocycles. The minimum Gasteiger partial charge on any atom is -0.507 e. The summed E-state index contributed by atoms with van der Waals surface area (Å²) in [7, 11) is -2.31. The van der Waals surface area contributed by atoms with Crippen LogP contribution >= 0.6 is 79.6 Å². The number of phenols is 1. The maximum atomic E-state index is 9.96. The molecule has 0 radical (unpaired) electrons. The summed E-state index contributed by atoms with van der Waals surface area (Å²) in [5, 5.41) is 16.6. The molecule has 16 rings (SSSR count). The maximum absolute atomic E-state index is 9.96. The number of phenolic OH excluding ortho intramolecular Hbond substituents is 1. The summed E-state index contributed by atoms with van der Waals surface area (Å²) in [6, 6.07) is 74.4. The molecule has 19 heteroatoms. The lowest BCUT2D eigenvalue weighted by Crippen LogP contribution is -2.41. The molecule has 504 valence electrons. The Bertz CT molecular complexity index is 4820. The Morgan fingerprint density at radius 2 is 0.653 bits per heavy atom. The highest BCUT2D eigenvalue weighted by molar-refractivity contribution is 9.11. The Kier molecular flexibility index (Phi) is 23.0. The lowest BCUT2D eigenvalue weighted by Gasteiger charge is -2.32. The summed E-state index contributed by atoms with van der Waals surface area (Å²) in [5.74, 6) is 0.315. The molecule has 0 bridgehead atoms. The quantitative estimate of drug-likeness (QED) is 0.171. The largest absolute Gasteiger partial charge is 0.507 e. The molecule has 0 amide bonds. The minimum atomic E-state index is -1.00. The van der Waals surface area contributed by atoms with Crippen LogP contribution in [0.4, 0.5) is 4.39 Å². The van der Waals surface area contributed by atoms with E-state index < -0.39 is 21.2 Å². The van der Waals surface area contributed by atoms with Crippen molar-refractivity contribution in [2.45, 2.75) is 117 Å². The van der Waals surface area contributed by atoms with Gasteiger partial charge in [0.1, 0.15) is 39.2 Å².